The fourth-order valence-electron chi connectivity index (χ4n) is 5.97. The number of aliphatic hydroxyl groups excluding tert-OH is 1. The van der Waals surface area contributed by atoms with Crippen molar-refractivity contribution in [3.8, 4) is 0 Å². The number of unbranched alkanes of at least 4 members (excludes halogenated alkanes) is 3. The van der Waals surface area contributed by atoms with Crippen molar-refractivity contribution in [1.82, 2.24) is 5.32 Å². The Balaban J connectivity index is 0.00000469. The molecule has 0 heterocycles. The monoisotopic (exact) mass is 767 g/mol. The fraction of sp³-hybridized carbons (Fsp3) is 0.649. The van der Waals surface area contributed by atoms with Crippen LogP contribution in [-0.2, 0) is 39.7 Å². The van der Waals surface area contributed by atoms with E-state index in [0.29, 0.717) is 70.9 Å². The van der Waals surface area contributed by atoms with Crippen molar-refractivity contribution < 1.29 is 58.3 Å². The van der Waals surface area contributed by atoms with Gasteiger partial charge in [-0.25, -0.2) is 9.59 Å². The van der Waals surface area contributed by atoms with Crippen LogP contribution in [0.5, 0.6) is 0 Å². The quantitative estimate of drug-likeness (QED) is 0.0244. The highest BCUT2D eigenvalue weighted by molar-refractivity contribution is 5.75. The third-order valence-corrected chi connectivity index (χ3v) is 8.60. The number of aryl methyl sites for hydroxylation is 1. The topological polar surface area (TPSA) is 232 Å². The summed E-state index contributed by atoms with van der Waals surface area (Å²) in [7, 11) is 1.60. The van der Waals surface area contributed by atoms with E-state index in [1.54, 1.807) is 20.1 Å². The molecule has 1 saturated carbocycles. The van der Waals surface area contributed by atoms with Gasteiger partial charge in [-0.05, 0) is 77.2 Å². The van der Waals surface area contributed by atoms with Crippen molar-refractivity contribution >= 4 is 18.2 Å². The Morgan fingerprint density at radius 1 is 1.04 bits per heavy atom. The Kier molecular flexibility index (Phi) is 25.1. The molecule has 1 aromatic rings. The van der Waals surface area contributed by atoms with Gasteiger partial charge in [0.2, 0.25) is 5.91 Å². The molecule has 1 aliphatic carbocycles. The lowest BCUT2D eigenvalue weighted by Crippen LogP contribution is -2.37. The van der Waals surface area contributed by atoms with Crippen molar-refractivity contribution in [2.45, 2.75) is 102 Å². The van der Waals surface area contributed by atoms with Crippen molar-refractivity contribution in [2.24, 2.45) is 17.2 Å². The fourth-order valence-corrected chi connectivity index (χ4v) is 5.97. The zero-order valence-electron chi connectivity index (χ0n) is 31.5. The molecule has 5 atom stereocenters. The van der Waals surface area contributed by atoms with Crippen molar-refractivity contribution in [3.05, 3.63) is 75.2 Å². The summed E-state index contributed by atoms with van der Waals surface area (Å²) in [5.41, 5.74) is -0.0272. The van der Waals surface area contributed by atoms with Crippen LogP contribution in [-0.4, -0.2) is 91.5 Å². The summed E-state index contributed by atoms with van der Waals surface area (Å²) in [6.45, 7) is 4.78. The van der Waals surface area contributed by atoms with E-state index in [1.807, 2.05) is 55.5 Å². The van der Waals surface area contributed by atoms with Crippen LogP contribution in [0.3, 0.4) is 0 Å². The van der Waals surface area contributed by atoms with Crippen molar-refractivity contribution in [3.63, 3.8) is 0 Å². The maximum absolute atomic E-state index is 12.9. The molecule has 2 rings (SSSR count). The van der Waals surface area contributed by atoms with Crippen LogP contribution in [0.25, 0.3) is 0 Å². The van der Waals surface area contributed by atoms with Gasteiger partial charge in [0.15, 0.2) is 5.34 Å². The summed E-state index contributed by atoms with van der Waals surface area (Å²) >= 11 is 0. The standard InChI is InChI=1S/C37H56N2O12.HNO2/c1-4-38-34(41)19-11-6-5-10-18-32-31(23-22-30(40)21-20-29-16-8-7-9-17-29)33(50-35(42)47-25-14-15-27-49-39(44)45)28-37(32,2)51-36(43)48-26-13-12-24-46-3;2-1-3/h5,7-10,16-17,22-23,30-33,40H,4,6,11-15,18-21,24-28H2,1-3H3,(H,38,41);(H,2,3)/b10-5-,23-22+;/t30-,31+,32+,33+,37-;/m0./s1. The molecule has 54 heavy (non-hydrogen) atoms. The summed E-state index contributed by atoms with van der Waals surface area (Å²) in [5.74, 6) is -0.860. The average Bonchev–Trinajstić information content (AvgIpc) is 3.38. The second-order valence-corrected chi connectivity index (χ2v) is 12.7. The van der Waals surface area contributed by atoms with E-state index in [4.69, 9.17) is 33.8 Å². The molecule has 0 aliphatic heterocycles. The molecule has 0 spiro atoms. The SMILES string of the molecule is CCNC(=O)CCC/C=C\C[C@@H]1[C@@H](/C=C/[C@@H](O)CCc2ccccc2)[C@H](OC(=O)OCCCCO[N+](=O)[O-])C[C@]1(C)OC(=O)OCCCCOC.O=NO. The molecule has 1 amide bonds. The second kappa shape index (κ2) is 28.7. The van der Waals surface area contributed by atoms with E-state index in [-0.39, 0.29) is 38.1 Å². The van der Waals surface area contributed by atoms with E-state index in [1.165, 1.54) is 5.34 Å². The van der Waals surface area contributed by atoms with Crippen LogP contribution < -0.4 is 5.32 Å². The van der Waals surface area contributed by atoms with Gasteiger partial charge >= 0.3 is 12.3 Å². The normalized spacial score (nSPS) is 19.7. The number of aliphatic hydroxyl groups is 1. The van der Waals surface area contributed by atoms with Gasteiger partial charge in [0.25, 0.3) is 5.09 Å². The Morgan fingerprint density at radius 2 is 1.69 bits per heavy atom. The number of ether oxygens (including phenoxy) is 5. The van der Waals surface area contributed by atoms with Gasteiger partial charge in [-0.1, -0.05) is 54.6 Å². The molecular formula is C37H57N3O14. The number of allylic oxidation sites excluding steroid dienone is 2. The molecule has 17 heteroatoms. The molecule has 0 bridgehead atoms. The van der Waals surface area contributed by atoms with Gasteiger partial charge in [-0.15, -0.1) is 15.0 Å². The molecule has 0 saturated heterocycles. The molecule has 1 aromatic carbocycles. The lowest BCUT2D eigenvalue weighted by Gasteiger charge is -2.31. The van der Waals surface area contributed by atoms with E-state index in [9.17, 15) is 29.6 Å². The summed E-state index contributed by atoms with van der Waals surface area (Å²) in [5, 5.41) is 31.1. The molecule has 0 aromatic heterocycles. The summed E-state index contributed by atoms with van der Waals surface area (Å²) in [6.07, 6.45) is 9.56. The maximum Gasteiger partial charge on any atom is 0.508 e. The van der Waals surface area contributed by atoms with Gasteiger partial charge in [0, 0.05) is 44.9 Å². The third kappa shape index (κ3) is 21.1. The van der Waals surface area contributed by atoms with E-state index < -0.39 is 41.1 Å². The van der Waals surface area contributed by atoms with Gasteiger partial charge in [0.05, 0.1) is 25.9 Å². The lowest BCUT2D eigenvalue weighted by atomic mass is 9.83. The van der Waals surface area contributed by atoms with Crippen LogP contribution in [0.4, 0.5) is 9.59 Å². The molecule has 1 aliphatic rings. The largest absolute Gasteiger partial charge is 0.508 e. The minimum atomic E-state index is -1.12. The second-order valence-electron chi connectivity index (χ2n) is 12.7. The van der Waals surface area contributed by atoms with Crippen LogP contribution >= 0.6 is 0 Å². The van der Waals surface area contributed by atoms with Crippen LogP contribution in [0.1, 0.15) is 83.6 Å². The number of rotatable bonds is 25. The summed E-state index contributed by atoms with van der Waals surface area (Å²) < 4.78 is 27.5. The number of carbonyl (C=O) groups is 3. The first kappa shape index (κ1) is 47.3. The van der Waals surface area contributed by atoms with Gasteiger partial charge in [-0.2, -0.15) is 0 Å². The number of hydrogen-bond donors (Lipinski definition) is 3. The highest BCUT2D eigenvalue weighted by Gasteiger charge is 2.54. The Hall–Kier alpha value is -4.77. The van der Waals surface area contributed by atoms with Crippen LogP contribution in [0, 0.1) is 26.9 Å². The first-order valence-corrected chi connectivity index (χ1v) is 18.2. The molecule has 304 valence electrons. The molecule has 0 radical (unpaired) electrons. The molecule has 1 fully saturated rings. The van der Waals surface area contributed by atoms with Crippen molar-refractivity contribution in [1.29, 1.82) is 0 Å². The number of nitrogens with one attached hydrogen (secondary N) is 1. The highest BCUT2D eigenvalue weighted by atomic mass is 16.9. The predicted molar refractivity (Wildman–Crippen MR) is 196 cm³/mol. The Bertz CT molecular complexity index is 1280. The Morgan fingerprint density at radius 3 is 2.33 bits per heavy atom. The minimum absolute atomic E-state index is 0.00352. The number of methoxy groups -OCH3 is 1. The van der Waals surface area contributed by atoms with Crippen molar-refractivity contribution in [2.75, 3.05) is 40.1 Å². The lowest BCUT2D eigenvalue weighted by molar-refractivity contribution is -0.757. The smallest absolute Gasteiger partial charge is 0.434 e. The summed E-state index contributed by atoms with van der Waals surface area (Å²) in [6, 6.07) is 9.82. The number of carbonyl (C=O) groups excluding carboxylic acids is 3. The maximum atomic E-state index is 12.9. The van der Waals surface area contributed by atoms with E-state index in [0.717, 1.165) is 12.0 Å². The minimum Gasteiger partial charge on any atom is -0.434 e. The van der Waals surface area contributed by atoms with Crippen LogP contribution in [0.15, 0.2) is 60.0 Å². The number of amides is 1. The van der Waals surface area contributed by atoms with Gasteiger partial charge in [-0.3, -0.25) is 4.79 Å². The number of benzene rings is 1. The van der Waals surface area contributed by atoms with E-state index in [2.05, 4.69) is 10.2 Å². The van der Waals surface area contributed by atoms with Crippen LogP contribution in [0.2, 0.25) is 0 Å². The van der Waals surface area contributed by atoms with Gasteiger partial charge in [0.1, 0.15) is 11.7 Å². The molecule has 17 nitrogen and oxygen atoms in total. The Labute approximate surface area is 316 Å². The van der Waals surface area contributed by atoms with E-state index >= 15 is 0 Å². The number of nitrogens with zero attached hydrogens (tertiary/aromatic N) is 2. The van der Waals surface area contributed by atoms with Gasteiger partial charge < -0.3 is 44.2 Å². The molecule has 3 N–H and O–H groups in total. The third-order valence-electron chi connectivity index (χ3n) is 8.60. The zero-order chi connectivity index (χ0) is 40.0. The first-order chi connectivity index (χ1) is 26.0. The zero-order valence-corrected chi connectivity index (χ0v) is 31.5. The first-order valence-electron chi connectivity index (χ1n) is 18.2. The molecule has 0 unspecified atom stereocenters. The number of hydrogen-bond acceptors (Lipinski definition) is 14. The highest BCUT2D eigenvalue weighted by Crippen LogP contribution is 2.47. The molecular weight excluding hydrogens is 710 g/mol. The predicted octanol–water partition coefficient (Wildman–Crippen LogP) is 6.42. The summed E-state index contributed by atoms with van der Waals surface area (Å²) in [4.78, 5) is 60.4. The average molecular weight is 768 g/mol.